The van der Waals surface area contributed by atoms with Gasteiger partial charge in [-0.3, -0.25) is 4.79 Å². The van der Waals surface area contributed by atoms with Gasteiger partial charge >= 0.3 is 0 Å². The SMILES string of the molecule is CC1c2cc(F)ccc2CCN1C(=O)/C=C/c1nc2ccccc2s1. The van der Waals surface area contributed by atoms with E-state index in [4.69, 9.17) is 0 Å². The average Bonchev–Trinajstić information content (AvgIpc) is 3.03. The highest BCUT2D eigenvalue weighted by molar-refractivity contribution is 7.19. The average molecular weight is 352 g/mol. The van der Waals surface area contributed by atoms with Gasteiger partial charge in [0.2, 0.25) is 5.91 Å². The zero-order valence-corrected chi connectivity index (χ0v) is 14.6. The van der Waals surface area contributed by atoms with Crippen molar-refractivity contribution < 1.29 is 9.18 Å². The van der Waals surface area contributed by atoms with Crippen molar-refractivity contribution in [2.45, 2.75) is 19.4 Å². The summed E-state index contributed by atoms with van der Waals surface area (Å²) < 4.78 is 14.6. The lowest BCUT2D eigenvalue weighted by Crippen LogP contribution is -2.37. The first-order valence-electron chi connectivity index (χ1n) is 8.24. The number of nitrogens with zero attached hydrogens (tertiary/aromatic N) is 2. The molecule has 1 unspecified atom stereocenters. The zero-order valence-electron chi connectivity index (χ0n) is 13.8. The number of fused-ring (bicyclic) bond motifs is 2. The molecule has 0 aliphatic carbocycles. The van der Waals surface area contributed by atoms with E-state index >= 15 is 0 Å². The number of para-hydroxylation sites is 1. The predicted molar refractivity (Wildman–Crippen MR) is 98.9 cm³/mol. The van der Waals surface area contributed by atoms with Crippen molar-refractivity contribution >= 4 is 33.5 Å². The normalized spacial score (nSPS) is 17.2. The van der Waals surface area contributed by atoms with Crippen LogP contribution in [0.4, 0.5) is 4.39 Å². The number of halogens is 1. The number of hydrogen-bond donors (Lipinski definition) is 0. The van der Waals surface area contributed by atoms with Crippen LogP contribution in [0.3, 0.4) is 0 Å². The predicted octanol–water partition coefficient (Wildman–Crippen LogP) is 4.59. The summed E-state index contributed by atoms with van der Waals surface area (Å²) in [5.41, 5.74) is 2.96. The first kappa shape index (κ1) is 16.0. The third-order valence-electron chi connectivity index (χ3n) is 4.61. The van der Waals surface area contributed by atoms with Gasteiger partial charge in [-0.15, -0.1) is 11.3 Å². The molecule has 0 spiro atoms. The Hall–Kier alpha value is -2.53. The van der Waals surface area contributed by atoms with Crippen molar-refractivity contribution in [1.82, 2.24) is 9.88 Å². The van der Waals surface area contributed by atoms with Gasteiger partial charge in [-0.25, -0.2) is 9.37 Å². The first-order chi connectivity index (χ1) is 12.1. The molecule has 1 aliphatic heterocycles. The Labute approximate surface area is 149 Å². The van der Waals surface area contributed by atoms with Crippen molar-refractivity contribution in [1.29, 1.82) is 0 Å². The smallest absolute Gasteiger partial charge is 0.247 e. The van der Waals surface area contributed by atoms with E-state index in [-0.39, 0.29) is 17.8 Å². The van der Waals surface area contributed by atoms with E-state index in [0.29, 0.717) is 6.54 Å². The van der Waals surface area contributed by atoms with Gasteiger partial charge in [-0.2, -0.15) is 0 Å². The number of aromatic nitrogens is 1. The minimum absolute atomic E-state index is 0.0679. The summed E-state index contributed by atoms with van der Waals surface area (Å²) in [6.45, 7) is 2.59. The molecule has 5 heteroatoms. The summed E-state index contributed by atoms with van der Waals surface area (Å²) in [5, 5.41) is 0.811. The van der Waals surface area contributed by atoms with E-state index in [0.717, 1.165) is 32.8 Å². The summed E-state index contributed by atoms with van der Waals surface area (Å²) >= 11 is 1.56. The lowest BCUT2D eigenvalue weighted by molar-refractivity contribution is -0.128. The minimum atomic E-state index is -0.259. The Balaban J connectivity index is 1.54. The van der Waals surface area contributed by atoms with Crippen LogP contribution in [0, 0.1) is 5.82 Å². The van der Waals surface area contributed by atoms with Gasteiger partial charge in [0.15, 0.2) is 0 Å². The molecule has 1 aromatic heterocycles. The molecule has 3 nitrogen and oxygen atoms in total. The maximum atomic E-state index is 13.5. The van der Waals surface area contributed by atoms with Crippen molar-refractivity contribution in [3.05, 3.63) is 70.5 Å². The molecule has 2 heterocycles. The molecular formula is C20H17FN2OS. The Morgan fingerprint density at radius 2 is 2.16 bits per heavy atom. The van der Waals surface area contributed by atoms with E-state index in [2.05, 4.69) is 4.98 Å². The maximum absolute atomic E-state index is 13.5. The second-order valence-corrected chi connectivity index (χ2v) is 7.22. The lowest BCUT2D eigenvalue weighted by atomic mass is 9.93. The van der Waals surface area contributed by atoms with E-state index in [1.807, 2.05) is 37.3 Å². The highest BCUT2D eigenvalue weighted by atomic mass is 32.1. The second kappa shape index (κ2) is 6.41. The van der Waals surface area contributed by atoms with Crippen molar-refractivity contribution in [3.8, 4) is 0 Å². The molecule has 0 saturated heterocycles. The number of thiazole rings is 1. The molecule has 0 bridgehead atoms. The van der Waals surface area contributed by atoms with Crippen LogP contribution in [0.1, 0.15) is 29.1 Å². The van der Waals surface area contributed by atoms with Crippen LogP contribution in [-0.2, 0) is 11.2 Å². The van der Waals surface area contributed by atoms with Gasteiger partial charge in [0, 0.05) is 12.6 Å². The number of benzene rings is 2. The fourth-order valence-corrected chi connectivity index (χ4v) is 4.16. The van der Waals surface area contributed by atoms with Gasteiger partial charge in [-0.05, 0) is 54.8 Å². The zero-order chi connectivity index (χ0) is 17.4. The Morgan fingerprint density at radius 1 is 1.32 bits per heavy atom. The van der Waals surface area contributed by atoms with Crippen LogP contribution in [0.2, 0.25) is 0 Å². The van der Waals surface area contributed by atoms with Crippen LogP contribution >= 0.6 is 11.3 Å². The summed E-state index contributed by atoms with van der Waals surface area (Å²) in [6.07, 6.45) is 4.08. The van der Waals surface area contributed by atoms with Gasteiger partial charge < -0.3 is 4.90 Å². The van der Waals surface area contributed by atoms with Crippen LogP contribution in [-0.4, -0.2) is 22.3 Å². The Morgan fingerprint density at radius 3 is 3.00 bits per heavy atom. The quantitative estimate of drug-likeness (QED) is 0.632. The molecule has 2 aromatic carbocycles. The summed E-state index contributed by atoms with van der Waals surface area (Å²) in [7, 11) is 0. The van der Waals surface area contributed by atoms with E-state index < -0.39 is 0 Å². The number of amides is 1. The van der Waals surface area contributed by atoms with Gasteiger partial charge in [0.05, 0.1) is 16.3 Å². The highest BCUT2D eigenvalue weighted by Crippen LogP contribution is 2.30. The number of hydrogen-bond acceptors (Lipinski definition) is 3. The van der Waals surface area contributed by atoms with Crippen molar-refractivity contribution in [3.63, 3.8) is 0 Å². The Bertz CT molecular complexity index is 946. The van der Waals surface area contributed by atoms with Crippen LogP contribution < -0.4 is 0 Å². The van der Waals surface area contributed by atoms with Gasteiger partial charge in [-0.1, -0.05) is 18.2 Å². The fourth-order valence-electron chi connectivity index (χ4n) is 3.29. The van der Waals surface area contributed by atoms with Crippen LogP contribution in [0.15, 0.2) is 48.5 Å². The molecule has 0 fully saturated rings. The molecule has 126 valence electrons. The molecular weight excluding hydrogens is 335 g/mol. The molecule has 0 radical (unpaired) electrons. The molecule has 1 aliphatic rings. The number of carbonyl (C=O) groups is 1. The number of carbonyl (C=O) groups excluding carboxylic acids is 1. The fraction of sp³-hybridized carbons (Fsp3) is 0.200. The monoisotopic (exact) mass is 352 g/mol. The topological polar surface area (TPSA) is 33.2 Å². The maximum Gasteiger partial charge on any atom is 0.247 e. The molecule has 1 atom stereocenters. The molecule has 0 saturated carbocycles. The van der Waals surface area contributed by atoms with Crippen LogP contribution in [0.25, 0.3) is 16.3 Å². The van der Waals surface area contributed by atoms with Gasteiger partial charge in [0.25, 0.3) is 0 Å². The van der Waals surface area contributed by atoms with Crippen molar-refractivity contribution in [2.24, 2.45) is 0 Å². The van der Waals surface area contributed by atoms with Crippen LogP contribution in [0.5, 0.6) is 0 Å². The third-order valence-corrected chi connectivity index (χ3v) is 5.61. The summed E-state index contributed by atoms with van der Waals surface area (Å²) in [6, 6.07) is 12.6. The highest BCUT2D eigenvalue weighted by Gasteiger charge is 2.26. The second-order valence-electron chi connectivity index (χ2n) is 6.15. The van der Waals surface area contributed by atoms with E-state index in [1.54, 1.807) is 28.4 Å². The molecule has 25 heavy (non-hydrogen) atoms. The Kier molecular flexibility index (Phi) is 4.09. The van der Waals surface area contributed by atoms with E-state index in [1.165, 1.54) is 12.1 Å². The molecule has 4 rings (SSSR count). The molecule has 1 amide bonds. The standard InChI is InChI=1S/C20H17FN2OS/c1-13-16-12-15(21)7-6-14(16)10-11-23(13)20(24)9-8-19-22-17-4-2-3-5-18(17)25-19/h2-9,12-13H,10-11H2,1H3/b9-8+. The van der Waals surface area contributed by atoms with Gasteiger partial charge in [0.1, 0.15) is 10.8 Å². The van der Waals surface area contributed by atoms with E-state index in [9.17, 15) is 9.18 Å². The summed E-state index contributed by atoms with van der Waals surface area (Å²) in [4.78, 5) is 18.9. The third kappa shape index (κ3) is 3.07. The molecule has 0 N–H and O–H groups in total. The molecule has 3 aromatic rings. The largest absolute Gasteiger partial charge is 0.332 e. The lowest BCUT2D eigenvalue weighted by Gasteiger charge is -2.34. The number of rotatable bonds is 2. The minimum Gasteiger partial charge on any atom is -0.332 e. The first-order valence-corrected chi connectivity index (χ1v) is 9.06. The summed E-state index contributed by atoms with van der Waals surface area (Å²) in [5.74, 6) is -0.327. The van der Waals surface area contributed by atoms with Crippen molar-refractivity contribution in [2.75, 3.05) is 6.54 Å².